The molecular formula is C3H6NO. The molecule has 3 radical (unpaired) electrons. The van der Waals surface area contributed by atoms with Gasteiger partial charge in [-0.2, -0.15) is 0 Å². The third-order valence-corrected chi connectivity index (χ3v) is 0.257. The van der Waals surface area contributed by atoms with Crippen LogP contribution in [-0.4, -0.2) is 12.6 Å². The molecular weight excluding hydrogens is 66.0 g/mol. The summed E-state index contributed by atoms with van der Waals surface area (Å²) >= 11 is 0. The minimum Gasteiger partial charge on any atom is -0.232 e. The molecule has 0 saturated heterocycles. The first kappa shape index (κ1) is 4.92. The van der Waals surface area contributed by atoms with Crippen molar-refractivity contribution < 1.29 is 5.11 Å². The molecule has 29 valence electrons. The van der Waals surface area contributed by atoms with Gasteiger partial charge in [0.25, 0.3) is 0 Å². The van der Waals surface area contributed by atoms with Crippen LogP contribution in [0.3, 0.4) is 0 Å². The predicted molar refractivity (Wildman–Crippen MR) is 17.1 cm³/mol. The van der Waals surface area contributed by atoms with Crippen LogP contribution in [0.15, 0.2) is 0 Å². The molecule has 2 heteroatoms. The molecule has 0 aliphatic heterocycles. The number of rotatable bonds is 1. The van der Waals surface area contributed by atoms with E-state index >= 15 is 0 Å². The molecule has 0 aliphatic carbocycles. The van der Waals surface area contributed by atoms with Gasteiger partial charge < -0.3 is 0 Å². The lowest BCUT2D eigenvalue weighted by Gasteiger charge is -1.84. The fraction of sp³-hybridized carbons (Fsp3) is 1.00. The summed E-state index contributed by atoms with van der Waals surface area (Å²) in [5.74, 6) is 0. The Morgan fingerprint density at radius 1 is 2.00 bits per heavy atom. The van der Waals surface area contributed by atoms with E-state index in [1.54, 1.807) is 0 Å². The first-order valence-electron chi connectivity index (χ1n) is 1.54. The quantitative estimate of drug-likeness (QED) is 0.414. The minimum absolute atomic E-state index is 0.250. The highest BCUT2D eigenvalue weighted by Crippen LogP contribution is 1.69. The Kier molecular flexibility index (Phi) is 2.14. The second-order valence-electron chi connectivity index (χ2n) is 0.993. The van der Waals surface area contributed by atoms with Crippen LogP contribution < -0.4 is 5.73 Å². The lowest BCUT2D eigenvalue weighted by atomic mass is 10.4. The van der Waals surface area contributed by atoms with E-state index in [1.165, 1.54) is 6.92 Å². The summed E-state index contributed by atoms with van der Waals surface area (Å²) in [6.45, 7) is 1.17. The van der Waals surface area contributed by atoms with Crippen LogP contribution in [0.1, 0.15) is 6.92 Å². The Bertz CT molecular complexity index is 20.9. The van der Waals surface area contributed by atoms with Crippen LogP contribution in [0.25, 0.3) is 0 Å². The van der Waals surface area contributed by atoms with Crippen molar-refractivity contribution in [3.05, 3.63) is 0 Å². The van der Waals surface area contributed by atoms with E-state index in [2.05, 4.69) is 0 Å². The SMILES string of the molecule is CC([O])C[N]. The maximum atomic E-state index is 9.65. The van der Waals surface area contributed by atoms with Gasteiger partial charge in [-0.1, -0.05) is 0 Å². The maximum Gasteiger partial charge on any atom is 0.106 e. The van der Waals surface area contributed by atoms with E-state index < -0.39 is 6.10 Å². The van der Waals surface area contributed by atoms with Crippen molar-refractivity contribution in [3.8, 4) is 0 Å². The third kappa shape index (κ3) is 3.92. The second-order valence-corrected chi connectivity index (χ2v) is 0.993. The molecule has 0 bridgehead atoms. The van der Waals surface area contributed by atoms with E-state index in [4.69, 9.17) is 5.73 Å². The normalized spacial score (nSPS) is 15.0. The first-order valence-corrected chi connectivity index (χ1v) is 1.54. The predicted octanol–water partition coefficient (Wildman–Crippen LogP) is -0.126. The fourth-order valence-electron chi connectivity index (χ4n) is 0. The van der Waals surface area contributed by atoms with Crippen molar-refractivity contribution in [1.82, 2.24) is 5.73 Å². The first-order chi connectivity index (χ1) is 2.27. The average molecular weight is 72.1 g/mol. The van der Waals surface area contributed by atoms with Crippen LogP contribution >= 0.6 is 0 Å². The molecule has 0 aromatic rings. The van der Waals surface area contributed by atoms with Crippen molar-refractivity contribution in [1.29, 1.82) is 0 Å². The van der Waals surface area contributed by atoms with E-state index in [9.17, 15) is 5.11 Å². The Hall–Kier alpha value is -0.0800. The van der Waals surface area contributed by atoms with Gasteiger partial charge in [0.1, 0.15) is 6.10 Å². The van der Waals surface area contributed by atoms with Crippen LogP contribution in [-0.2, 0) is 5.11 Å². The standard InChI is InChI=1S/C3H6NO/c1-3(5)2-4/h3H,2H2,1H3. The molecule has 0 aromatic carbocycles. The van der Waals surface area contributed by atoms with Crippen molar-refractivity contribution in [2.24, 2.45) is 0 Å². The molecule has 0 aromatic heterocycles. The van der Waals surface area contributed by atoms with Gasteiger partial charge >= 0.3 is 0 Å². The van der Waals surface area contributed by atoms with Crippen molar-refractivity contribution in [2.75, 3.05) is 6.54 Å². The molecule has 5 heavy (non-hydrogen) atoms. The van der Waals surface area contributed by atoms with Gasteiger partial charge in [-0.25, -0.2) is 5.11 Å². The van der Waals surface area contributed by atoms with Gasteiger partial charge in [0.05, 0.1) is 6.54 Å². The lowest BCUT2D eigenvalue weighted by Crippen LogP contribution is -2.03. The molecule has 0 heterocycles. The molecule has 0 spiro atoms. The zero-order chi connectivity index (χ0) is 4.28. The van der Waals surface area contributed by atoms with Crippen LogP contribution in [0.2, 0.25) is 0 Å². The molecule has 1 atom stereocenters. The molecule has 0 rings (SSSR count). The Labute approximate surface area is 31.6 Å². The monoisotopic (exact) mass is 72.0 g/mol. The number of nitrogens with zero attached hydrogens (tertiary/aromatic N) is 1. The van der Waals surface area contributed by atoms with E-state index in [0.717, 1.165) is 0 Å². The molecule has 1 unspecified atom stereocenters. The van der Waals surface area contributed by atoms with Gasteiger partial charge in [0, 0.05) is 0 Å². The van der Waals surface area contributed by atoms with Gasteiger partial charge in [-0.15, -0.1) is 5.73 Å². The van der Waals surface area contributed by atoms with Crippen molar-refractivity contribution in [2.45, 2.75) is 13.0 Å². The smallest absolute Gasteiger partial charge is 0.106 e. The molecule has 0 aliphatic rings. The van der Waals surface area contributed by atoms with Crippen LogP contribution in [0.4, 0.5) is 0 Å². The molecule has 0 fully saturated rings. The summed E-state index contributed by atoms with van der Waals surface area (Å²) in [6, 6.07) is 0. The van der Waals surface area contributed by atoms with Crippen molar-refractivity contribution in [3.63, 3.8) is 0 Å². The Balaban J connectivity index is 2.54. The topological polar surface area (TPSA) is 42.2 Å². The largest absolute Gasteiger partial charge is 0.232 e. The highest BCUT2D eigenvalue weighted by atomic mass is 16.3. The van der Waals surface area contributed by atoms with E-state index in [0.29, 0.717) is 0 Å². The Morgan fingerprint density at radius 3 is 2.20 bits per heavy atom. The summed E-state index contributed by atoms with van der Waals surface area (Å²) in [6.07, 6.45) is -0.810. The van der Waals surface area contributed by atoms with Gasteiger partial charge in [0.15, 0.2) is 0 Å². The van der Waals surface area contributed by atoms with Gasteiger partial charge in [-0.05, 0) is 6.92 Å². The van der Waals surface area contributed by atoms with E-state index in [1.807, 2.05) is 0 Å². The van der Waals surface area contributed by atoms with Gasteiger partial charge in [0.2, 0.25) is 0 Å². The zero-order valence-corrected chi connectivity index (χ0v) is 3.14. The molecule has 0 amide bonds. The summed E-state index contributed by atoms with van der Waals surface area (Å²) < 4.78 is 0. The van der Waals surface area contributed by atoms with Crippen LogP contribution in [0, 0.1) is 0 Å². The zero-order valence-electron chi connectivity index (χ0n) is 3.14. The summed E-state index contributed by atoms with van der Waals surface area (Å²) in [7, 11) is 0. The fourth-order valence-corrected chi connectivity index (χ4v) is 0. The van der Waals surface area contributed by atoms with Gasteiger partial charge in [-0.3, -0.25) is 0 Å². The molecule has 0 N–H and O–H groups in total. The van der Waals surface area contributed by atoms with Crippen molar-refractivity contribution >= 4 is 0 Å². The third-order valence-electron chi connectivity index (χ3n) is 0.257. The number of hydrogen-bond acceptors (Lipinski definition) is 0. The average Bonchev–Trinajstić information content (AvgIpc) is 1.38. The summed E-state index contributed by atoms with van der Waals surface area (Å²) in [5.41, 5.74) is 7.83. The highest BCUT2D eigenvalue weighted by molar-refractivity contribution is 4.38. The number of hydrogen-bond donors (Lipinski definition) is 0. The summed E-state index contributed by atoms with van der Waals surface area (Å²) in [5, 5.41) is 9.65. The Morgan fingerprint density at radius 2 is 2.20 bits per heavy atom. The minimum atomic E-state index is -0.810. The highest BCUT2D eigenvalue weighted by Gasteiger charge is 1.87. The van der Waals surface area contributed by atoms with Crippen LogP contribution in [0.5, 0.6) is 0 Å². The molecule has 0 saturated carbocycles. The maximum absolute atomic E-state index is 9.65. The summed E-state index contributed by atoms with van der Waals surface area (Å²) in [4.78, 5) is 0. The van der Waals surface area contributed by atoms with E-state index in [-0.39, 0.29) is 6.54 Å². The lowest BCUT2D eigenvalue weighted by molar-refractivity contribution is 0.111. The molecule has 2 nitrogen and oxygen atoms in total. The second kappa shape index (κ2) is 2.18.